The van der Waals surface area contributed by atoms with Crippen molar-refractivity contribution in [3.05, 3.63) is 131 Å². The molecule has 14 nitrogen and oxygen atoms in total. The molecule has 0 unspecified atom stereocenters. The number of hydrogen-bond acceptors (Lipinski definition) is 11. The van der Waals surface area contributed by atoms with Crippen molar-refractivity contribution in [3.63, 3.8) is 0 Å². The number of aliphatic hydroxyl groups excluding tert-OH is 1. The molecule has 4 aromatic carbocycles. The molecule has 2 saturated heterocycles. The zero-order valence-corrected chi connectivity index (χ0v) is 43.1. The Kier molecular flexibility index (Phi) is 18.3. The second-order valence-electron chi connectivity index (χ2n) is 19.9. The van der Waals surface area contributed by atoms with E-state index in [2.05, 4.69) is 27.4 Å². The quantitative estimate of drug-likeness (QED) is 0.0377. The largest absolute Gasteiger partial charge is 0.508 e. The number of aromatic hydroxyl groups is 2. The molecule has 1 aromatic heterocycles. The van der Waals surface area contributed by atoms with Gasteiger partial charge in [0.15, 0.2) is 0 Å². The van der Waals surface area contributed by atoms with Crippen LogP contribution >= 0.6 is 11.3 Å². The fourth-order valence-electron chi connectivity index (χ4n) is 9.47. The maximum absolute atomic E-state index is 14.1. The zero-order valence-electron chi connectivity index (χ0n) is 42.2. The molecule has 2 fully saturated rings. The van der Waals surface area contributed by atoms with Gasteiger partial charge in [-0.25, -0.2) is 4.98 Å². The summed E-state index contributed by atoms with van der Waals surface area (Å²) in [7, 11) is 0. The Balaban J connectivity index is 0.804. The minimum Gasteiger partial charge on any atom is -0.508 e. The molecule has 0 bridgehead atoms. The van der Waals surface area contributed by atoms with Crippen molar-refractivity contribution >= 4 is 46.1 Å². The van der Waals surface area contributed by atoms with Crippen LogP contribution in [0, 0.1) is 12.3 Å². The number of benzene rings is 4. The third-order valence-corrected chi connectivity index (χ3v) is 14.6. The van der Waals surface area contributed by atoms with Crippen molar-refractivity contribution < 1.29 is 39.2 Å². The third-order valence-electron chi connectivity index (χ3n) is 13.6. The van der Waals surface area contributed by atoms with E-state index in [1.807, 2.05) is 111 Å². The van der Waals surface area contributed by atoms with Crippen molar-refractivity contribution in [3.8, 4) is 27.7 Å². The lowest BCUT2D eigenvalue weighted by molar-refractivity contribution is -0.144. The molecule has 3 atom stereocenters. The first-order chi connectivity index (χ1) is 34.6. The number of allylic oxidation sites excluding steroid dienone is 1. The smallest absolute Gasteiger partial charge is 0.246 e. The number of nitrogens with zero attached hydrogens (tertiary/aromatic N) is 4. The van der Waals surface area contributed by atoms with Crippen molar-refractivity contribution in [1.29, 1.82) is 0 Å². The number of rotatable bonds is 20. The minimum atomic E-state index is -0.903. The van der Waals surface area contributed by atoms with E-state index in [1.54, 1.807) is 35.6 Å². The van der Waals surface area contributed by atoms with Gasteiger partial charge in [0.25, 0.3) is 0 Å². The fraction of sp³-hybridized carbons (Fsp3) is 0.421. The molecular formula is C57H70N6O8S. The molecule has 5 N–H and O–H groups in total. The summed E-state index contributed by atoms with van der Waals surface area (Å²) in [4.78, 5) is 65.0. The summed E-state index contributed by atoms with van der Waals surface area (Å²) in [6.07, 6.45) is 2.52. The number of unbranched alkanes of at least 4 members (excludes halogenated alkanes) is 2. The summed E-state index contributed by atoms with van der Waals surface area (Å²) in [5.41, 5.74) is 9.24. The number of phenolic OH excluding ortho intramolecular Hbond substituents is 2. The molecular weight excluding hydrogens is 929 g/mol. The predicted octanol–water partition coefficient (Wildman–Crippen LogP) is 8.18. The van der Waals surface area contributed by atoms with Crippen LogP contribution in [0.5, 0.6) is 17.2 Å². The molecule has 3 heterocycles. The molecule has 382 valence electrons. The van der Waals surface area contributed by atoms with E-state index < -0.39 is 29.5 Å². The van der Waals surface area contributed by atoms with Gasteiger partial charge >= 0.3 is 0 Å². The van der Waals surface area contributed by atoms with Crippen LogP contribution in [0.25, 0.3) is 21.6 Å². The van der Waals surface area contributed by atoms with Gasteiger partial charge in [0.05, 0.1) is 22.2 Å². The highest BCUT2D eigenvalue weighted by Gasteiger charge is 2.44. The van der Waals surface area contributed by atoms with E-state index in [-0.39, 0.29) is 55.2 Å². The highest BCUT2D eigenvalue weighted by atomic mass is 32.1. The minimum absolute atomic E-state index is 0.00446. The zero-order chi connectivity index (χ0) is 51.4. The fourth-order valence-corrected chi connectivity index (χ4v) is 10.3. The number of aromatic nitrogens is 1. The number of amides is 4. The van der Waals surface area contributed by atoms with E-state index in [9.17, 15) is 34.5 Å². The molecule has 2 aliphatic rings. The standard InChI is InChI=1S/C57H70N6O8S/c1-6-48(40-16-22-44(64)23-17-40)52(41-18-24-45(65)25-19-41)42-20-26-47(27-21-42)71-33-32-61-28-30-62(31-29-61)51(68)11-9-7-8-10-50(67)60-54(57(3,4)5)56(70)63-36-46(66)34-49(63)55(69)58-35-39-12-14-43(15-13-39)53-38(2)59-37-72-53/h12-27,37,46,49,54,64-66H,6-11,28-36H2,1-5H3,(H,58,69)(H,60,67)/t46-,49+,54-/m1/s1. The average Bonchev–Trinajstić information content (AvgIpc) is 3.99. The Morgan fingerprint density at radius 2 is 1.42 bits per heavy atom. The number of carbonyl (C=O) groups excluding carboxylic acids is 4. The number of aryl methyl sites for hydroxylation is 1. The molecule has 72 heavy (non-hydrogen) atoms. The van der Waals surface area contributed by atoms with Crippen molar-refractivity contribution in [2.75, 3.05) is 45.9 Å². The number of aliphatic hydroxyl groups is 1. The van der Waals surface area contributed by atoms with Gasteiger partial charge in [-0.2, -0.15) is 0 Å². The molecule has 0 aliphatic carbocycles. The van der Waals surface area contributed by atoms with Crippen LogP contribution in [0.15, 0.2) is 103 Å². The Hall–Kier alpha value is -6.55. The number of hydrogen-bond donors (Lipinski definition) is 5. The topological polar surface area (TPSA) is 185 Å². The summed E-state index contributed by atoms with van der Waals surface area (Å²) < 4.78 is 6.17. The number of phenols is 2. The second kappa shape index (κ2) is 24.7. The monoisotopic (exact) mass is 998 g/mol. The second-order valence-corrected chi connectivity index (χ2v) is 20.8. The maximum atomic E-state index is 14.1. The molecule has 15 heteroatoms. The van der Waals surface area contributed by atoms with E-state index in [0.29, 0.717) is 45.4 Å². The number of nitrogens with one attached hydrogen (secondary N) is 2. The van der Waals surface area contributed by atoms with Crippen LogP contribution < -0.4 is 15.4 Å². The average molecular weight is 999 g/mol. The first kappa shape index (κ1) is 53.3. The predicted molar refractivity (Wildman–Crippen MR) is 282 cm³/mol. The molecule has 5 aromatic rings. The van der Waals surface area contributed by atoms with Gasteiger partial charge in [0.2, 0.25) is 23.6 Å². The van der Waals surface area contributed by atoms with Crippen molar-refractivity contribution in [2.45, 2.75) is 104 Å². The first-order valence-corrected chi connectivity index (χ1v) is 26.1. The van der Waals surface area contributed by atoms with Crippen LogP contribution in [0.4, 0.5) is 0 Å². The Morgan fingerprint density at radius 3 is 2.01 bits per heavy atom. The van der Waals surface area contributed by atoms with Gasteiger partial charge in [-0.15, -0.1) is 11.3 Å². The Morgan fingerprint density at radius 1 is 0.806 bits per heavy atom. The van der Waals surface area contributed by atoms with Crippen molar-refractivity contribution in [1.82, 2.24) is 30.3 Å². The van der Waals surface area contributed by atoms with Gasteiger partial charge in [0.1, 0.15) is 35.9 Å². The molecule has 0 saturated carbocycles. The lowest BCUT2D eigenvalue weighted by Gasteiger charge is -2.35. The normalized spacial score (nSPS) is 17.0. The number of likely N-dealkylation sites (tertiary alicyclic amines) is 1. The number of ether oxygens (including phenoxy) is 1. The van der Waals surface area contributed by atoms with Gasteiger partial charge in [-0.1, -0.05) is 94.8 Å². The third kappa shape index (κ3) is 14.1. The Bertz CT molecular complexity index is 2640. The Labute approximate surface area is 427 Å². The summed E-state index contributed by atoms with van der Waals surface area (Å²) in [6.45, 7) is 14.0. The number of carbonyl (C=O) groups is 4. The van der Waals surface area contributed by atoms with Crippen LogP contribution in [0.2, 0.25) is 0 Å². The highest BCUT2D eigenvalue weighted by Crippen LogP contribution is 2.36. The molecule has 0 spiro atoms. The molecule has 7 rings (SSSR count). The maximum Gasteiger partial charge on any atom is 0.246 e. The molecule has 4 amide bonds. The van der Waals surface area contributed by atoms with Crippen LogP contribution in [0.1, 0.15) is 101 Å². The van der Waals surface area contributed by atoms with Gasteiger partial charge < -0.3 is 40.5 Å². The molecule has 2 aliphatic heterocycles. The highest BCUT2D eigenvalue weighted by molar-refractivity contribution is 7.13. The summed E-state index contributed by atoms with van der Waals surface area (Å²) in [5.74, 6) is 0.259. The lowest BCUT2D eigenvalue weighted by Crippen LogP contribution is -2.57. The van der Waals surface area contributed by atoms with E-state index >= 15 is 0 Å². The van der Waals surface area contributed by atoms with E-state index in [1.165, 1.54) is 4.90 Å². The van der Waals surface area contributed by atoms with Crippen LogP contribution in [0.3, 0.4) is 0 Å². The van der Waals surface area contributed by atoms with Crippen LogP contribution in [-0.2, 0) is 25.7 Å². The van der Waals surface area contributed by atoms with Gasteiger partial charge in [-0.05, 0) is 107 Å². The van der Waals surface area contributed by atoms with E-state index in [0.717, 1.165) is 81.3 Å². The SMILES string of the molecule is CCC(=C(c1ccc(O)cc1)c1ccc(OCCN2CCN(C(=O)CCCCCC(=O)N[C@H](C(=O)N3C[C@H](O)C[C@H]3C(=O)NCc3ccc(-c4scnc4C)cc3)C(C)(C)C)CC2)cc1)c1ccc(O)cc1. The summed E-state index contributed by atoms with van der Waals surface area (Å²) >= 11 is 1.58. The van der Waals surface area contributed by atoms with Gasteiger partial charge in [0, 0.05) is 65.1 Å². The summed E-state index contributed by atoms with van der Waals surface area (Å²) in [5, 5.41) is 36.4. The van der Waals surface area contributed by atoms with E-state index in [4.69, 9.17) is 4.74 Å². The van der Waals surface area contributed by atoms with Crippen molar-refractivity contribution in [2.24, 2.45) is 5.41 Å². The number of piperazine rings is 1. The summed E-state index contributed by atoms with van der Waals surface area (Å²) in [6, 6.07) is 28.6. The molecule has 0 radical (unpaired) electrons. The van der Waals surface area contributed by atoms with Gasteiger partial charge in [-0.3, -0.25) is 24.1 Å². The number of β-amino-alcohol motifs (C(OH)–C–C–N with tert-alkyl or cyclic N) is 1. The first-order valence-electron chi connectivity index (χ1n) is 25.2. The lowest BCUT2D eigenvalue weighted by atomic mass is 9.85. The number of thiazole rings is 1. The van der Waals surface area contributed by atoms with Crippen LogP contribution in [-0.4, -0.2) is 123 Å².